The van der Waals surface area contributed by atoms with Crippen LogP contribution in [0.1, 0.15) is 18.5 Å². The first-order chi connectivity index (χ1) is 10.6. The van der Waals surface area contributed by atoms with Crippen molar-refractivity contribution in [3.8, 4) is 0 Å². The molecule has 22 heavy (non-hydrogen) atoms. The monoisotopic (exact) mass is 314 g/mol. The fraction of sp³-hybridized carbons (Fsp3) is 0.125. The Morgan fingerprint density at radius 1 is 1.27 bits per heavy atom. The minimum absolute atomic E-state index is 0.189. The zero-order chi connectivity index (χ0) is 15.5. The van der Waals surface area contributed by atoms with Crippen LogP contribution in [-0.4, -0.2) is 16.2 Å². The molecular weight excluding hydrogens is 300 g/mol. The van der Waals surface area contributed by atoms with Gasteiger partial charge in [0, 0.05) is 16.1 Å². The van der Waals surface area contributed by atoms with E-state index in [0.29, 0.717) is 10.7 Å². The van der Waals surface area contributed by atoms with Gasteiger partial charge in [-0.1, -0.05) is 29.8 Å². The second-order valence-electron chi connectivity index (χ2n) is 5.01. The van der Waals surface area contributed by atoms with Crippen molar-refractivity contribution in [2.75, 3.05) is 5.32 Å². The Kier molecular flexibility index (Phi) is 3.98. The molecule has 0 radical (unpaired) electrons. The van der Waals surface area contributed by atoms with E-state index in [2.05, 4.69) is 20.8 Å². The molecule has 1 atom stereocenters. The van der Waals surface area contributed by atoms with Crippen LogP contribution in [0.2, 0.25) is 5.02 Å². The normalized spacial score (nSPS) is 12.1. The molecule has 112 valence electrons. The lowest BCUT2D eigenvalue weighted by molar-refractivity contribution is 0.249. The first-order valence-electron chi connectivity index (χ1n) is 6.88. The van der Waals surface area contributed by atoms with Gasteiger partial charge in [-0.05, 0) is 36.8 Å². The molecule has 0 saturated heterocycles. The highest BCUT2D eigenvalue weighted by Crippen LogP contribution is 2.22. The predicted octanol–water partition coefficient (Wildman–Crippen LogP) is 4.10. The maximum absolute atomic E-state index is 12.1. The summed E-state index contributed by atoms with van der Waals surface area (Å²) in [7, 11) is 0. The number of anilines is 1. The van der Waals surface area contributed by atoms with E-state index in [4.69, 9.17) is 11.6 Å². The van der Waals surface area contributed by atoms with Crippen LogP contribution in [-0.2, 0) is 0 Å². The molecule has 0 saturated carbocycles. The van der Waals surface area contributed by atoms with Gasteiger partial charge in [0.05, 0.1) is 17.8 Å². The lowest BCUT2D eigenvalue weighted by Crippen LogP contribution is -2.31. The van der Waals surface area contributed by atoms with Crippen molar-refractivity contribution in [3.63, 3.8) is 0 Å². The largest absolute Gasteiger partial charge is 0.331 e. The Hall–Kier alpha value is -2.53. The molecule has 0 aliphatic rings. The highest BCUT2D eigenvalue weighted by Gasteiger charge is 2.12. The number of urea groups is 1. The van der Waals surface area contributed by atoms with Crippen LogP contribution >= 0.6 is 11.6 Å². The molecule has 0 bridgehead atoms. The van der Waals surface area contributed by atoms with Crippen LogP contribution in [0, 0.1) is 0 Å². The molecular formula is C16H15ClN4O. The molecule has 2 aromatic carbocycles. The summed E-state index contributed by atoms with van der Waals surface area (Å²) in [6.45, 7) is 1.89. The number of hydrogen-bond acceptors (Lipinski definition) is 2. The molecule has 3 aromatic rings. The zero-order valence-electron chi connectivity index (χ0n) is 11.9. The number of hydrogen-bond donors (Lipinski definition) is 3. The predicted molar refractivity (Wildman–Crippen MR) is 88.1 cm³/mol. The van der Waals surface area contributed by atoms with Gasteiger partial charge in [0.15, 0.2) is 0 Å². The number of benzene rings is 2. The summed E-state index contributed by atoms with van der Waals surface area (Å²) in [4.78, 5) is 12.1. The Morgan fingerprint density at radius 3 is 2.91 bits per heavy atom. The summed E-state index contributed by atoms with van der Waals surface area (Å²) < 4.78 is 0. The Balaban J connectivity index is 1.68. The third-order valence-corrected chi connectivity index (χ3v) is 3.76. The van der Waals surface area contributed by atoms with Gasteiger partial charge in [-0.15, -0.1) is 0 Å². The SMILES string of the molecule is C[C@@H](NC(=O)Nc1ccc2[nH]ncc2c1)c1ccccc1Cl. The number of H-pyrrole nitrogens is 1. The molecule has 0 fully saturated rings. The number of fused-ring (bicyclic) bond motifs is 1. The second-order valence-corrected chi connectivity index (χ2v) is 5.42. The first-order valence-corrected chi connectivity index (χ1v) is 7.26. The maximum atomic E-state index is 12.1. The van der Waals surface area contributed by atoms with Gasteiger partial charge in [0.25, 0.3) is 0 Å². The van der Waals surface area contributed by atoms with Crippen LogP contribution in [0.5, 0.6) is 0 Å². The lowest BCUT2D eigenvalue weighted by Gasteiger charge is -2.16. The summed E-state index contributed by atoms with van der Waals surface area (Å²) in [5.41, 5.74) is 2.51. The Morgan fingerprint density at radius 2 is 2.09 bits per heavy atom. The van der Waals surface area contributed by atoms with E-state index in [1.54, 1.807) is 12.3 Å². The summed E-state index contributed by atoms with van der Waals surface area (Å²) in [5.74, 6) is 0. The third kappa shape index (κ3) is 3.04. The molecule has 3 N–H and O–H groups in total. The minimum Gasteiger partial charge on any atom is -0.331 e. The molecule has 2 amide bonds. The smallest absolute Gasteiger partial charge is 0.319 e. The standard InChI is InChI=1S/C16H15ClN4O/c1-10(13-4-2-3-5-14(13)17)19-16(22)20-12-6-7-15-11(8-12)9-18-21-15/h2-10H,1H3,(H,18,21)(H2,19,20,22)/t10-/m1/s1. The zero-order valence-corrected chi connectivity index (χ0v) is 12.7. The molecule has 1 aromatic heterocycles. The minimum atomic E-state index is -0.282. The maximum Gasteiger partial charge on any atom is 0.319 e. The van der Waals surface area contributed by atoms with Crippen LogP contribution in [0.3, 0.4) is 0 Å². The number of nitrogens with zero attached hydrogens (tertiary/aromatic N) is 1. The molecule has 0 aliphatic carbocycles. The van der Waals surface area contributed by atoms with Gasteiger partial charge in [-0.2, -0.15) is 5.10 Å². The van der Waals surface area contributed by atoms with Gasteiger partial charge in [0.1, 0.15) is 0 Å². The quantitative estimate of drug-likeness (QED) is 0.681. The molecule has 3 rings (SSSR count). The molecule has 5 nitrogen and oxygen atoms in total. The van der Waals surface area contributed by atoms with Gasteiger partial charge in [-0.3, -0.25) is 5.10 Å². The number of amides is 2. The van der Waals surface area contributed by atoms with E-state index >= 15 is 0 Å². The Bertz CT molecular complexity index is 815. The summed E-state index contributed by atoms with van der Waals surface area (Å²) in [6.07, 6.45) is 1.71. The molecule has 0 unspecified atom stereocenters. The highest BCUT2D eigenvalue weighted by molar-refractivity contribution is 6.31. The first kappa shape index (κ1) is 14.4. The van der Waals surface area contributed by atoms with E-state index in [0.717, 1.165) is 16.5 Å². The van der Waals surface area contributed by atoms with Crippen molar-refractivity contribution >= 4 is 34.2 Å². The van der Waals surface area contributed by atoms with Crippen LogP contribution in [0.4, 0.5) is 10.5 Å². The van der Waals surface area contributed by atoms with Crippen molar-refractivity contribution in [2.45, 2.75) is 13.0 Å². The average molecular weight is 315 g/mol. The molecule has 0 aliphatic heterocycles. The second kappa shape index (κ2) is 6.07. The number of rotatable bonds is 3. The molecule has 6 heteroatoms. The van der Waals surface area contributed by atoms with Crippen LogP contribution in [0.25, 0.3) is 10.9 Å². The van der Waals surface area contributed by atoms with E-state index in [-0.39, 0.29) is 12.1 Å². The number of carbonyl (C=O) groups is 1. The molecule has 1 heterocycles. The number of carbonyl (C=O) groups excluding carboxylic acids is 1. The summed E-state index contributed by atoms with van der Waals surface area (Å²) in [5, 5.41) is 14.1. The van der Waals surface area contributed by atoms with Gasteiger partial charge < -0.3 is 10.6 Å². The van der Waals surface area contributed by atoms with Crippen molar-refractivity contribution < 1.29 is 4.79 Å². The number of nitrogens with one attached hydrogen (secondary N) is 3. The van der Waals surface area contributed by atoms with Crippen molar-refractivity contribution in [1.29, 1.82) is 0 Å². The van der Waals surface area contributed by atoms with Gasteiger partial charge in [-0.25, -0.2) is 4.79 Å². The van der Waals surface area contributed by atoms with Crippen LogP contribution < -0.4 is 10.6 Å². The van der Waals surface area contributed by atoms with Crippen molar-refractivity contribution in [1.82, 2.24) is 15.5 Å². The van der Waals surface area contributed by atoms with E-state index in [1.807, 2.05) is 43.3 Å². The fourth-order valence-electron chi connectivity index (χ4n) is 2.29. The van der Waals surface area contributed by atoms with Gasteiger partial charge >= 0.3 is 6.03 Å². The lowest BCUT2D eigenvalue weighted by atomic mass is 10.1. The van der Waals surface area contributed by atoms with E-state index in [9.17, 15) is 4.79 Å². The average Bonchev–Trinajstić information content (AvgIpc) is 2.95. The number of aromatic nitrogens is 2. The topological polar surface area (TPSA) is 69.8 Å². The number of aromatic amines is 1. The summed E-state index contributed by atoms with van der Waals surface area (Å²) in [6, 6.07) is 12.5. The van der Waals surface area contributed by atoms with Crippen LogP contribution in [0.15, 0.2) is 48.7 Å². The van der Waals surface area contributed by atoms with Gasteiger partial charge in [0.2, 0.25) is 0 Å². The van der Waals surface area contributed by atoms with Crippen molar-refractivity contribution in [2.24, 2.45) is 0 Å². The van der Waals surface area contributed by atoms with Crippen molar-refractivity contribution in [3.05, 3.63) is 59.2 Å². The van der Waals surface area contributed by atoms with E-state index in [1.165, 1.54) is 0 Å². The third-order valence-electron chi connectivity index (χ3n) is 3.42. The summed E-state index contributed by atoms with van der Waals surface area (Å²) >= 11 is 6.13. The number of halogens is 1. The Labute approximate surface area is 132 Å². The highest BCUT2D eigenvalue weighted by atomic mass is 35.5. The fourth-order valence-corrected chi connectivity index (χ4v) is 2.59. The molecule has 0 spiro atoms. The van der Waals surface area contributed by atoms with E-state index < -0.39 is 0 Å².